The molecule has 8 heteroatoms. The Bertz CT molecular complexity index is 650. The number of ether oxygens (including phenoxy) is 3. The first kappa shape index (κ1) is 14.9. The molecule has 126 valence electrons. The van der Waals surface area contributed by atoms with Gasteiger partial charge in [-0.05, 0) is 5.41 Å². The standard InChI is InChI=1S/C15H18O8/c1-12(2,3)14(20)4-6-13(5-7(16)21-6)10(19)23-11-15(13,14)8(17)9(18)22-11/h6,8,11,17,20H,4-5H2,1-3H3/t6-,8?,11-,13?,14+,15?/m0/s1. The summed E-state index contributed by atoms with van der Waals surface area (Å²) in [6.45, 7) is 5.19. The van der Waals surface area contributed by atoms with Crippen molar-refractivity contribution in [3.8, 4) is 0 Å². The molecule has 23 heavy (non-hydrogen) atoms. The highest BCUT2D eigenvalue weighted by Crippen LogP contribution is 2.75. The molecule has 3 saturated heterocycles. The number of carbonyl (C=O) groups excluding carboxylic acids is 3. The fourth-order valence-electron chi connectivity index (χ4n) is 5.15. The van der Waals surface area contributed by atoms with Crippen molar-refractivity contribution in [3.63, 3.8) is 0 Å². The lowest BCUT2D eigenvalue weighted by Gasteiger charge is -2.49. The van der Waals surface area contributed by atoms with E-state index in [1.807, 2.05) is 0 Å². The molecule has 3 unspecified atom stereocenters. The number of esters is 3. The van der Waals surface area contributed by atoms with Gasteiger partial charge in [-0.15, -0.1) is 0 Å². The number of aliphatic hydroxyl groups is 2. The van der Waals surface area contributed by atoms with Gasteiger partial charge in [-0.1, -0.05) is 20.8 Å². The summed E-state index contributed by atoms with van der Waals surface area (Å²) in [7, 11) is 0. The van der Waals surface area contributed by atoms with Crippen molar-refractivity contribution in [1.82, 2.24) is 0 Å². The smallest absolute Gasteiger partial charge is 0.339 e. The van der Waals surface area contributed by atoms with Gasteiger partial charge < -0.3 is 24.4 Å². The first-order chi connectivity index (χ1) is 10.5. The van der Waals surface area contributed by atoms with Gasteiger partial charge in [-0.2, -0.15) is 0 Å². The minimum absolute atomic E-state index is 0.0679. The molecule has 0 aromatic rings. The van der Waals surface area contributed by atoms with E-state index in [2.05, 4.69) is 0 Å². The van der Waals surface area contributed by atoms with Crippen LogP contribution in [0.2, 0.25) is 0 Å². The summed E-state index contributed by atoms with van der Waals surface area (Å²) < 4.78 is 15.5. The molecule has 4 fully saturated rings. The molecule has 3 aliphatic heterocycles. The third kappa shape index (κ3) is 1.20. The maximum atomic E-state index is 12.6. The Balaban J connectivity index is 2.05. The van der Waals surface area contributed by atoms with Crippen LogP contribution in [0.25, 0.3) is 0 Å². The van der Waals surface area contributed by atoms with Crippen LogP contribution in [0.4, 0.5) is 0 Å². The lowest BCUT2D eigenvalue weighted by atomic mass is 9.52. The van der Waals surface area contributed by atoms with E-state index in [0.717, 1.165) is 0 Å². The van der Waals surface area contributed by atoms with Crippen molar-refractivity contribution in [2.45, 2.75) is 57.7 Å². The van der Waals surface area contributed by atoms with Crippen molar-refractivity contribution in [1.29, 1.82) is 0 Å². The molecular formula is C15H18O8. The second-order valence-electron chi connectivity index (χ2n) is 7.89. The second-order valence-corrected chi connectivity index (χ2v) is 7.89. The predicted octanol–water partition coefficient (Wildman–Crippen LogP) is -0.744. The summed E-state index contributed by atoms with van der Waals surface area (Å²) in [6, 6.07) is 0. The fourth-order valence-corrected chi connectivity index (χ4v) is 5.15. The Morgan fingerprint density at radius 2 is 1.78 bits per heavy atom. The average molecular weight is 326 g/mol. The van der Waals surface area contributed by atoms with Crippen LogP contribution in [0.3, 0.4) is 0 Å². The largest absolute Gasteiger partial charge is 0.461 e. The van der Waals surface area contributed by atoms with Gasteiger partial charge in [0.2, 0.25) is 0 Å². The van der Waals surface area contributed by atoms with E-state index in [4.69, 9.17) is 14.2 Å². The maximum Gasteiger partial charge on any atom is 0.339 e. The van der Waals surface area contributed by atoms with Crippen molar-refractivity contribution in [2.75, 3.05) is 0 Å². The van der Waals surface area contributed by atoms with Gasteiger partial charge in [0, 0.05) is 6.42 Å². The summed E-state index contributed by atoms with van der Waals surface area (Å²) in [5.74, 6) is -2.36. The normalized spacial score (nSPS) is 51.0. The van der Waals surface area contributed by atoms with Crippen LogP contribution in [0, 0.1) is 16.2 Å². The molecule has 0 radical (unpaired) electrons. The molecule has 0 amide bonds. The summed E-state index contributed by atoms with van der Waals surface area (Å²) >= 11 is 0. The van der Waals surface area contributed by atoms with Crippen LogP contribution in [-0.2, 0) is 28.6 Å². The lowest BCUT2D eigenvalue weighted by molar-refractivity contribution is -0.224. The molecule has 2 N–H and O–H groups in total. The topological polar surface area (TPSA) is 119 Å². The molecule has 6 atom stereocenters. The maximum absolute atomic E-state index is 12.6. The van der Waals surface area contributed by atoms with E-state index >= 15 is 0 Å². The van der Waals surface area contributed by atoms with Gasteiger partial charge in [-0.3, -0.25) is 9.59 Å². The molecule has 0 bridgehead atoms. The zero-order valence-electron chi connectivity index (χ0n) is 13.0. The molecule has 4 rings (SSSR count). The Morgan fingerprint density at radius 3 is 2.39 bits per heavy atom. The molecule has 3 heterocycles. The lowest BCUT2D eigenvalue weighted by Crippen LogP contribution is -2.65. The number of hydrogen-bond donors (Lipinski definition) is 2. The number of carbonyl (C=O) groups is 3. The van der Waals surface area contributed by atoms with Crippen LogP contribution in [0.5, 0.6) is 0 Å². The third-order valence-corrected chi connectivity index (χ3v) is 6.22. The Labute approximate surface area is 131 Å². The van der Waals surface area contributed by atoms with E-state index < -0.39 is 58.3 Å². The van der Waals surface area contributed by atoms with Gasteiger partial charge in [-0.25, -0.2) is 4.79 Å². The second kappa shape index (κ2) is 3.70. The SMILES string of the molecule is CC(C)(C)[C@]1(O)C[C@@H]2OC(=O)CC23C(=O)O[C@@H]2OC(=O)C(O)C231. The third-order valence-electron chi connectivity index (χ3n) is 6.22. The molecule has 8 nitrogen and oxygen atoms in total. The van der Waals surface area contributed by atoms with Gasteiger partial charge in [0.1, 0.15) is 16.9 Å². The Morgan fingerprint density at radius 1 is 1.13 bits per heavy atom. The highest BCUT2D eigenvalue weighted by atomic mass is 16.7. The van der Waals surface area contributed by atoms with E-state index in [-0.39, 0.29) is 12.8 Å². The Hall–Kier alpha value is -1.67. The number of aliphatic hydroxyl groups excluding tert-OH is 1. The molecule has 0 aromatic carbocycles. The summed E-state index contributed by atoms with van der Waals surface area (Å²) in [4.78, 5) is 36.5. The predicted molar refractivity (Wildman–Crippen MR) is 70.4 cm³/mol. The fraction of sp³-hybridized carbons (Fsp3) is 0.800. The minimum Gasteiger partial charge on any atom is -0.461 e. The van der Waals surface area contributed by atoms with E-state index in [0.29, 0.717) is 0 Å². The number of rotatable bonds is 0. The Kier molecular flexibility index (Phi) is 2.39. The van der Waals surface area contributed by atoms with Gasteiger partial charge in [0.05, 0.1) is 12.0 Å². The first-order valence-electron chi connectivity index (χ1n) is 7.54. The molecule has 1 aliphatic carbocycles. The zero-order chi connectivity index (χ0) is 17.0. The van der Waals surface area contributed by atoms with Crippen LogP contribution in [0.1, 0.15) is 33.6 Å². The zero-order valence-corrected chi connectivity index (χ0v) is 13.0. The first-order valence-corrected chi connectivity index (χ1v) is 7.54. The van der Waals surface area contributed by atoms with Crippen LogP contribution in [-0.4, -0.2) is 52.2 Å². The monoisotopic (exact) mass is 326 g/mol. The van der Waals surface area contributed by atoms with E-state index in [1.54, 1.807) is 20.8 Å². The van der Waals surface area contributed by atoms with Crippen molar-refractivity contribution >= 4 is 17.9 Å². The molecular weight excluding hydrogens is 308 g/mol. The van der Waals surface area contributed by atoms with Crippen molar-refractivity contribution in [3.05, 3.63) is 0 Å². The van der Waals surface area contributed by atoms with Crippen LogP contribution >= 0.6 is 0 Å². The summed E-state index contributed by atoms with van der Waals surface area (Å²) in [5, 5.41) is 22.2. The molecule has 0 aromatic heterocycles. The van der Waals surface area contributed by atoms with Crippen LogP contribution < -0.4 is 0 Å². The van der Waals surface area contributed by atoms with E-state index in [1.165, 1.54) is 0 Å². The van der Waals surface area contributed by atoms with Crippen LogP contribution in [0.15, 0.2) is 0 Å². The van der Waals surface area contributed by atoms with Crippen molar-refractivity contribution in [2.24, 2.45) is 16.2 Å². The van der Waals surface area contributed by atoms with Gasteiger partial charge in [0.15, 0.2) is 6.10 Å². The van der Waals surface area contributed by atoms with Gasteiger partial charge in [0.25, 0.3) is 6.29 Å². The quantitative estimate of drug-likeness (QED) is 0.558. The highest BCUT2D eigenvalue weighted by molar-refractivity contribution is 5.94. The number of hydrogen-bond acceptors (Lipinski definition) is 8. The van der Waals surface area contributed by atoms with Gasteiger partial charge >= 0.3 is 17.9 Å². The molecule has 2 spiro atoms. The molecule has 4 aliphatic rings. The van der Waals surface area contributed by atoms with E-state index in [9.17, 15) is 24.6 Å². The average Bonchev–Trinajstić information content (AvgIpc) is 3.00. The molecule has 1 saturated carbocycles. The van der Waals surface area contributed by atoms with Crippen molar-refractivity contribution < 1.29 is 38.8 Å². The summed E-state index contributed by atoms with van der Waals surface area (Å²) in [5.41, 5.74) is -5.91. The minimum atomic E-state index is -1.78. The highest BCUT2D eigenvalue weighted by Gasteiger charge is 2.92. The summed E-state index contributed by atoms with van der Waals surface area (Å²) in [6.07, 6.45) is -4.58.